The summed E-state index contributed by atoms with van der Waals surface area (Å²) in [5.41, 5.74) is -0.808. The number of hydrogen-bond acceptors (Lipinski definition) is 6. The normalized spacial score (nSPS) is 12.2. The van der Waals surface area contributed by atoms with Gasteiger partial charge in [-0.1, -0.05) is 11.6 Å². The summed E-state index contributed by atoms with van der Waals surface area (Å²) in [5.74, 6) is -0.905. The van der Waals surface area contributed by atoms with E-state index < -0.39 is 27.7 Å². The van der Waals surface area contributed by atoms with Crippen LogP contribution in [0.25, 0.3) is 5.82 Å². The van der Waals surface area contributed by atoms with Crippen molar-refractivity contribution >= 4 is 38.9 Å². The van der Waals surface area contributed by atoms with E-state index in [0.29, 0.717) is 6.20 Å². The lowest BCUT2D eigenvalue weighted by Crippen LogP contribution is -2.30. The molecular weight excluding hydrogens is 441 g/mol. The Bertz CT molecular complexity index is 1140. The molecule has 0 aliphatic heterocycles. The molecular formula is C15H10ClF3N4O3S2. The van der Waals surface area contributed by atoms with Gasteiger partial charge < -0.3 is 0 Å². The van der Waals surface area contributed by atoms with Crippen LogP contribution in [0.5, 0.6) is 0 Å². The molecule has 3 aromatic rings. The fraction of sp³-hybridized carbons (Fsp3) is 0.133. The van der Waals surface area contributed by atoms with Gasteiger partial charge in [0.25, 0.3) is 15.9 Å². The molecule has 13 heteroatoms. The number of amides is 1. The average molecular weight is 451 g/mol. The standard InChI is InChI=1S/C15H10ClF3N4O3S2/c1-8-10(14(24)22-28(25,26)13-5-3-11(16)27-13)7-21-23(8)12-4-2-9(6-20-12)15(17,18)19/h2-7H,1H3,(H,22,24). The first-order valence-electron chi connectivity index (χ1n) is 7.40. The van der Waals surface area contributed by atoms with E-state index in [4.69, 9.17) is 11.6 Å². The zero-order valence-corrected chi connectivity index (χ0v) is 16.2. The van der Waals surface area contributed by atoms with Gasteiger partial charge in [-0.3, -0.25) is 4.79 Å². The predicted octanol–water partition coefficient (Wildman–Crippen LogP) is 3.43. The number of aromatic nitrogens is 3. The minimum absolute atomic E-state index is 0.0393. The van der Waals surface area contributed by atoms with Crippen molar-refractivity contribution in [2.45, 2.75) is 17.3 Å². The molecule has 0 aromatic carbocycles. The quantitative estimate of drug-likeness (QED) is 0.657. The van der Waals surface area contributed by atoms with Gasteiger partial charge in [0.05, 0.1) is 27.4 Å². The van der Waals surface area contributed by atoms with E-state index >= 15 is 0 Å². The summed E-state index contributed by atoms with van der Waals surface area (Å²) in [6.45, 7) is 1.45. The zero-order valence-electron chi connectivity index (χ0n) is 13.9. The van der Waals surface area contributed by atoms with Gasteiger partial charge >= 0.3 is 6.18 Å². The third-order valence-corrected chi connectivity index (χ3v) is 6.64. The van der Waals surface area contributed by atoms with Crippen LogP contribution >= 0.6 is 22.9 Å². The van der Waals surface area contributed by atoms with Crippen molar-refractivity contribution in [3.05, 3.63) is 57.8 Å². The number of carbonyl (C=O) groups excluding carboxylic acids is 1. The Labute approximate surface area is 165 Å². The van der Waals surface area contributed by atoms with E-state index in [1.807, 2.05) is 4.72 Å². The molecule has 0 saturated carbocycles. The summed E-state index contributed by atoms with van der Waals surface area (Å²) in [5, 5.41) is 3.90. The van der Waals surface area contributed by atoms with E-state index in [-0.39, 0.29) is 25.6 Å². The molecule has 0 unspecified atom stereocenters. The fourth-order valence-electron chi connectivity index (χ4n) is 2.21. The zero-order chi connectivity index (χ0) is 20.7. The van der Waals surface area contributed by atoms with Crippen LogP contribution in [0.15, 0.2) is 40.9 Å². The molecule has 0 radical (unpaired) electrons. The highest BCUT2D eigenvalue weighted by Gasteiger charge is 2.31. The summed E-state index contributed by atoms with van der Waals surface area (Å²) in [6.07, 6.45) is -2.79. The fourth-order valence-corrected chi connectivity index (χ4v) is 4.66. The van der Waals surface area contributed by atoms with Crippen LogP contribution in [0.1, 0.15) is 21.6 Å². The van der Waals surface area contributed by atoms with Crippen molar-refractivity contribution in [1.29, 1.82) is 0 Å². The molecule has 0 saturated heterocycles. The Kier molecular flexibility index (Phi) is 5.21. The van der Waals surface area contributed by atoms with Crippen LogP contribution in [0.2, 0.25) is 4.34 Å². The highest BCUT2D eigenvalue weighted by molar-refractivity contribution is 7.92. The molecule has 7 nitrogen and oxygen atoms in total. The van der Waals surface area contributed by atoms with Crippen molar-refractivity contribution in [2.75, 3.05) is 0 Å². The number of hydrogen-bond donors (Lipinski definition) is 1. The highest BCUT2D eigenvalue weighted by atomic mass is 35.5. The number of alkyl halides is 3. The Morgan fingerprint density at radius 1 is 1.21 bits per heavy atom. The lowest BCUT2D eigenvalue weighted by atomic mass is 10.2. The second-order valence-electron chi connectivity index (χ2n) is 5.45. The van der Waals surface area contributed by atoms with Crippen LogP contribution < -0.4 is 4.72 Å². The van der Waals surface area contributed by atoms with Crippen molar-refractivity contribution in [1.82, 2.24) is 19.5 Å². The third-order valence-electron chi connectivity index (χ3n) is 3.59. The van der Waals surface area contributed by atoms with Gasteiger partial charge in [0.15, 0.2) is 5.82 Å². The van der Waals surface area contributed by atoms with Gasteiger partial charge in [0, 0.05) is 6.20 Å². The number of pyridine rings is 1. The molecule has 0 bridgehead atoms. The van der Waals surface area contributed by atoms with Crippen LogP contribution in [-0.4, -0.2) is 29.1 Å². The smallest absolute Gasteiger partial charge is 0.268 e. The SMILES string of the molecule is Cc1c(C(=O)NS(=O)(=O)c2ccc(Cl)s2)cnn1-c1ccc(C(F)(F)F)cn1. The number of rotatable bonds is 4. The van der Waals surface area contributed by atoms with Gasteiger partial charge in [-0.05, 0) is 31.2 Å². The minimum atomic E-state index is -4.53. The molecule has 0 aliphatic rings. The number of nitrogens with zero attached hydrogens (tertiary/aromatic N) is 3. The van der Waals surface area contributed by atoms with Gasteiger partial charge in [-0.25, -0.2) is 22.8 Å². The van der Waals surface area contributed by atoms with Gasteiger partial charge in [-0.2, -0.15) is 18.3 Å². The van der Waals surface area contributed by atoms with Crippen molar-refractivity contribution in [3.63, 3.8) is 0 Å². The Morgan fingerprint density at radius 2 is 1.93 bits per heavy atom. The van der Waals surface area contributed by atoms with E-state index in [1.54, 1.807) is 0 Å². The Hall–Kier alpha value is -2.44. The summed E-state index contributed by atoms with van der Waals surface area (Å²) in [6, 6.07) is 4.55. The van der Waals surface area contributed by atoms with Crippen LogP contribution in [0, 0.1) is 6.92 Å². The monoisotopic (exact) mass is 450 g/mol. The van der Waals surface area contributed by atoms with Crippen molar-refractivity contribution in [3.8, 4) is 5.82 Å². The van der Waals surface area contributed by atoms with Gasteiger partial charge in [-0.15, -0.1) is 11.3 Å². The summed E-state index contributed by atoms with van der Waals surface area (Å²) >= 11 is 6.49. The topological polar surface area (TPSA) is 94.0 Å². The Balaban J connectivity index is 1.85. The second kappa shape index (κ2) is 7.18. The maximum Gasteiger partial charge on any atom is 0.417 e. The summed E-state index contributed by atoms with van der Waals surface area (Å²) in [7, 11) is -4.12. The first kappa shape index (κ1) is 20.3. The van der Waals surface area contributed by atoms with E-state index in [1.165, 1.54) is 19.1 Å². The molecule has 148 valence electrons. The highest BCUT2D eigenvalue weighted by Crippen LogP contribution is 2.29. The molecule has 3 heterocycles. The largest absolute Gasteiger partial charge is 0.417 e. The van der Waals surface area contributed by atoms with Gasteiger partial charge in [0.1, 0.15) is 4.21 Å². The van der Waals surface area contributed by atoms with Crippen molar-refractivity contribution in [2.24, 2.45) is 0 Å². The molecule has 1 amide bonds. The average Bonchev–Trinajstić information content (AvgIpc) is 3.20. The number of thiophene rings is 1. The van der Waals surface area contributed by atoms with Gasteiger partial charge in [0.2, 0.25) is 0 Å². The number of nitrogens with one attached hydrogen (secondary N) is 1. The van der Waals surface area contributed by atoms with Crippen LogP contribution in [0.3, 0.4) is 0 Å². The number of halogens is 4. The maximum absolute atomic E-state index is 12.6. The van der Waals surface area contributed by atoms with Crippen molar-refractivity contribution < 1.29 is 26.4 Å². The minimum Gasteiger partial charge on any atom is -0.268 e. The predicted molar refractivity (Wildman–Crippen MR) is 95.1 cm³/mol. The second-order valence-corrected chi connectivity index (χ2v) is 9.08. The third kappa shape index (κ3) is 4.03. The summed E-state index contributed by atoms with van der Waals surface area (Å²) in [4.78, 5) is 16.0. The van der Waals surface area contributed by atoms with E-state index in [0.717, 1.165) is 34.3 Å². The van der Waals surface area contributed by atoms with E-state index in [9.17, 15) is 26.4 Å². The van der Waals surface area contributed by atoms with Crippen LogP contribution in [-0.2, 0) is 16.2 Å². The first-order chi connectivity index (χ1) is 13.0. The molecule has 28 heavy (non-hydrogen) atoms. The number of sulfonamides is 1. The molecule has 0 atom stereocenters. The van der Waals surface area contributed by atoms with Crippen LogP contribution in [0.4, 0.5) is 13.2 Å². The Morgan fingerprint density at radius 3 is 2.46 bits per heavy atom. The van der Waals surface area contributed by atoms with E-state index in [2.05, 4.69) is 10.1 Å². The maximum atomic E-state index is 12.6. The lowest BCUT2D eigenvalue weighted by molar-refractivity contribution is -0.137. The molecule has 3 rings (SSSR count). The molecule has 0 fully saturated rings. The molecule has 3 aromatic heterocycles. The lowest BCUT2D eigenvalue weighted by Gasteiger charge is -2.08. The molecule has 0 spiro atoms. The first-order valence-corrected chi connectivity index (χ1v) is 10.1. The summed E-state index contributed by atoms with van der Waals surface area (Å²) < 4.78 is 65.5. The number of carbonyl (C=O) groups is 1. The molecule has 1 N–H and O–H groups in total. The molecule has 0 aliphatic carbocycles.